The van der Waals surface area contributed by atoms with Crippen molar-refractivity contribution in [3.63, 3.8) is 0 Å². The highest BCUT2D eigenvalue weighted by molar-refractivity contribution is 7.92. The average Bonchev–Trinajstić information content (AvgIpc) is 2.79. The van der Waals surface area contributed by atoms with Crippen molar-refractivity contribution in [2.24, 2.45) is 0 Å². The number of carbonyl (C=O) groups excluding carboxylic acids is 2. The highest BCUT2D eigenvalue weighted by atomic mass is 32.2. The Morgan fingerprint density at radius 3 is 2.18 bits per heavy atom. The summed E-state index contributed by atoms with van der Waals surface area (Å²) in [6.45, 7) is 0. The summed E-state index contributed by atoms with van der Waals surface area (Å²) in [4.78, 5) is 27.6. The Kier molecular flexibility index (Phi) is 6.68. The fraction of sp³-hybridized carbons (Fsp3) is 0.0952. The first-order valence-corrected chi connectivity index (χ1v) is 10.6. The van der Waals surface area contributed by atoms with Crippen LogP contribution in [0.2, 0.25) is 0 Å². The number of ether oxygens (including phenoxy) is 1. The van der Waals surface area contributed by atoms with Gasteiger partial charge in [0.1, 0.15) is 5.75 Å². The predicted molar refractivity (Wildman–Crippen MR) is 113 cm³/mol. The minimum absolute atomic E-state index is 0.0657. The van der Waals surface area contributed by atoms with Gasteiger partial charge in [0.2, 0.25) is 0 Å². The lowest BCUT2D eigenvalue weighted by Gasteiger charge is -2.13. The van der Waals surface area contributed by atoms with Crippen molar-refractivity contribution in [3.8, 4) is 5.75 Å². The van der Waals surface area contributed by atoms with E-state index in [2.05, 4.69) is 15.6 Å². The van der Waals surface area contributed by atoms with Crippen molar-refractivity contribution in [2.75, 3.05) is 17.7 Å². The molecule has 8 nitrogen and oxygen atoms in total. The van der Waals surface area contributed by atoms with E-state index in [0.29, 0.717) is 23.4 Å². The minimum Gasteiger partial charge on any atom is -0.494 e. The highest BCUT2D eigenvalue weighted by Crippen LogP contribution is 2.31. The molecule has 0 atom stereocenters. The number of rotatable bonds is 6. The van der Waals surface area contributed by atoms with E-state index in [1.807, 2.05) is 0 Å². The number of methoxy groups -OCH3 is 1. The molecule has 0 bridgehead atoms. The van der Waals surface area contributed by atoms with Crippen LogP contribution < -0.4 is 15.4 Å². The number of halogens is 3. The van der Waals surface area contributed by atoms with Crippen LogP contribution in [0.1, 0.15) is 20.7 Å². The van der Waals surface area contributed by atoms with Crippen LogP contribution in [0.15, 0.2) is 71.9 Å². The second-order valence-corrected chi connectivity index (χ2v) is 8.48. The summed E-state index contributed by atoms with van der Waals surface area (Å²) in [5, 5.41) is 5.18. The average molecular weight is 479 g/mol. The topological polar surface area (TPSA) is 114 Å². The number of carbonyl (C=O) groups is 2. The van der Waals surface area contributed by atoms with E-state index < -0.39 is 32.1 Å². The molecule has 0 unspecified atom stereocenters. The van der Waals surface area contributed by atoms with Crippen LogP contribution >= 0.6 is 0 Å². The lowest BCUT2D eigenvalue weighted by atomic mass is 10.2. The molecule has 33 heavy (non-hydrogen) atoms. The number of pyridine rings is 1. The van der Waals surface area contributed by atoms with Gasteiger partial charge in [-0.05, 0) is 48.5 Å². The molecule has 2 N–H and O–H groups in total. The van der Waals surface area contributed by atoms with E-state index in [4.69, 9.17) is 4.74 Å². The quantitative estimate of drug-likeness (QED) is 0.555. The standard InChI is InChI=1S/C21H16F3N3O5S/c1-32-18-11-15(6-9-17(18)27-20(29)14-3-2-10-25-12-14)26-19(28)13-4-7-16(8-5-13)33(30,31)21(22,23)24/h2-12H,1H3,(H,26,28)(H,27,29). The van der Waals surface area contributed by atoms with Crippen LogP contribution in [0.25, 0.3) is 0 Å². The molecule has 1 heterocycles. The largest absolute Gasteiger partial charge is 0.501 e. The molecule has 3 rings (SSSR count). The Labute approximate surface area is 186 Å². The van der Waals surface area contributed by atoms with Gasteiger partial charge in [0, 0.05) is 29.7 Å². The molecule has 0 saturated heterocycles. The summed E-state index contributed by atoms with van der Waals surface area (Å²) in [6, 6.07) is 10.9. The Morgan fingerprint density at radius 2 is 1.61 bits per heavy atom. The molecule has 172 valence electrons. The summed E-state index contributed by atoms with van der Waals surface area (Å²) >= 11 is 0. The maximum Gasteiger partial charge on any atom is 0.501 e. The number of sulfone groups is 1. The van der Waals surface area contributed by atoms with Crippen molar-refractivity contribution in [2.45, 2.75) is 10.4 Å². The van der Waals surface area contributed by atoms with E-state index in [1.165, 1.54) is 37.7 Å². The summed E-state index contributed by atoms with van der Waals surface area (Å²) in [7, 11) is -4.15. The number of hydrogen-bond donors (Lipinski definition) is 2. The smallest absolute Gasteiger partial charge is 0.494 e. The molecule has 3 aromatic rings. The molecule has 1 aromatic heterocycles. The number of nitrogens with one attached hydrogen (secondary N) is 2. The van der Waals surface area contributed by atoms with Gasteiger partial charge in [0.05, 0.1) is 23.3 Å². The molecule has 2 amide bonds. The molecule has 0 aliphatic rings. The first-order chi connectivity index (χ1) is 15.5. The predicted octanol–water partition coefficient (Wildman–Crippen LogP) is 3.89. The Balaban J connectivity index is 1.74. The molecule has 0 aliphatic carbocycles. The number of amides is 2. The molecule has 0 radical (unpaired) electrons. The van der Waals surface area contributed by atoms with Gasteiger partial charge in [-0.2, -0.15) is 13.2 Å². The fourth-order valence-electron chi connectivity index (χ4n) is 2.69. The van der Waals surface area contributed by atoms with Crippen LogP contribution in [0.3, 0.4) is 0 Å². The Morgan fingerprint density at radius 1 is 0.939 bits per heavy atom. The number of alkyl halides is 3. The number of anilines is 2. The summed E-state index contributed by atoms with van der Waals surface area (Å²) in [6.07, 6.45) is 2.92. The number of benzene rings is 2. The molecule has 0 saturated carbocycles. The first kappa shape index (κ1) is 23.7. The van der Waals surface area contributed by atoms with Crippen molar-refractivity contribution in [1.82, 2.24) is 4.98 Å². The molecule has 2 aromatic carbocycles. The van der Waals surface area contributed by atoms with Gasteiger partial charge in [-0.25, -0.2) is 8.42 Å². The third-order valence-corrected chi connectivity index (χ3v) is 5.87. The van der Waals surface area contributed by atoms with Crippen molar-refractivity contribution < 1.29 is 35.9 Å². The first-order valence-electron chi connectivity index (χ1n) is 9.15. The van der Waals surface area contributed by atoms with Gasteiger partial charge >= 0.3 is 5.51 Å². The molecule has 12 heteroatoms. The molecular weight excluding hydrogens is 463 g/mol. The lowest BCUT2D eigenvalue weighted by molar-refractivity contribution is -0.0436. The zero-order chi connectivity index (χ0) is 24.2. The van der Waals surface area contributed by atoms with E-state index in [0.717, 1.165) is 12.1 Å². The monoisotopic (exact) mass is 479 g/mol. The van der Waals surface area contributed by atoms with Gasteiger partial charge < -0.3 is 15.4 Å². The summed E-state index contributed by atoms with van der Waals surface area (Å²) in [5.41, 5.74) is -4.59. The Hall–Kier alpha value is -3.93. The van der Waals surface area contributed by atoms with Gasteiger partial charge in [0.25, 0.3) is 21.7 Å². The normalized spacial score (nSPS) is 11.5. The van der Waals surface area contributed by atoms with Gasteiger partial charge in [-0.15, -0.1) is 0 Å². The lowest BCUT2D eigenvalue weighted by Crippen LogP contribution is -2.23. The van der Waals surface area contributed by atoms with Crippen LogP contribution in [0.5, 0.6) is 5.75 Å². The highest BCUT2D eigenvalue weighted by Gasteiger charge is 2.46. The second kappa shape index (κ2) is 9.28. The SMILES string of the molecule is COc1cc(NC(=O)c2ccc(S(=O)(=O)C(F)(F)F)cc2)ccc1NC(=O)c1cccnc1. The summed E-state index contributed by atoms with van der Waals surface area (Å²) < 4.78 is 66.0. The van der Waals surface area contributed by atoms with Crippen LogP contribution in [-0.4, -0.2) is 37.8 Å². The third-order valence-electron chi connectivity index (χ3n) is 4.36. The van der Waals surface area contributed by atoms with Crippen LogP contribution in [-0.2, 0) is 9.84 Å². The van der Waals surface area contributed by atoms with E-state index >= 15 is 0 Å². The van der Waals surface area contributed by atoms with Crippen molar-refractivity contribution in [1.29, 1.82) is 0 Å². The fourth-order valence-corrected chi connectivity index (χ4v) is 3.45. The van der Waals surface area contributed by atoms with Gasteiger partial charge in [0.15, 0.2) is 0 Å². The maximum absolute atomic E-state index is 12.6. The van der Waals surface area contributed by atoms with Crippen molar-refractivity contribution in [3.05, 3.63) is 78.1 Å². The Bertz CT molecular complexity index is 1280. The summed E-state index contributed by atoms with van der Waals surface area (Å²) in [5.74, 6) is -0.885. The second-order valence-electron chi connectivity index (χ2n) is 6.54. The third kappa shape index (κ3) is 5.29. The number of hydrogen-bond acceptors (Lipinski definition) is 6. The van der Waals surface area contributed by atoms with Gasteiger partial charge in [-0.1, -0.05) is 0 Å². The zero-order valence-corrected chi connectivity index (χ0v) is 17.7. The molecule has 0 spiro atoms. The van der Waals surface area contributed by atoms with E-state index in [-0.39, 0.29) is 17.0 Å². The maximum atomic E-state index is 12.6. The number of nitrogens with zero attached hydrogens (tertiary/aromatic N) is 1. The molecule has 0 aliphatic heterocycles. The molecule has 0 fully saturated rings. The van der Waals surface area contributed by atoms with E-state index in [9.17, 15) is 31.2 Å². The minimum atomic E-state index is -5.51. The number of aromatic nitrogens is 1. The van der Waals surface area contributed by atoms with E-state index in [1.54, 1.807) is 12.1 Å². The van der Waals surface area contributed by atoms with Crippen LogP contribution in [0.4, 0.5) is 24.5 Å². The molecular formula is C21H16F3N3O5S. The zero-order valence-electron chi connectivity index (χ0n) is 16.9. The van der Waals surface area contributed by atoms with Crippen molar-refractivity contribution >= 4 is 33.0 Å². The van der Waals surface area contributed by atoms with Gasteiger partial charge in [-0.3, -0.25) is 14.6 Å². The van der Waals surface area contributed by atoms with Crippen LogP contribution in [0, 0.1) is 0 Å².